The number of hydrogen-bond donors (Lipinski definition) is 0. The molecule has 0 N–H and O–H groups in total. The average molecular weight is 468 g/mol. The number of para-hydroxylation sites is 1. The molecule has 0 bridgehead atoms. The summed E-state index contributed by atoms with van der Waals surface area (Å²) < 4.78 is 3.63. The van der Waals surface area contributed by atoms with Crippen molar-refractivity contribution in [1.82, 2.24) is 4.31 Å². The van der Waals surface area contributed by atoms with Crippen molar-refractivity contribution in [3.8, 4) is 0 Å². The minimum Gasteiger partial charge on any atom is -0.339 e. The molecule has 0 saturated carbocycles. The first-order chi connectivity index (χ1) is 13.1. The van der Waals surface area contributed by atoms with Gasteiger partial charge in [0, 0.05) is 32.5 Å². The maximum absolute atomic E-state index is 3.74. The molecule has 2 aromatic rings. The number of anilines is 2. The zero-order valence-electron chi connectivity index (χ0n) is 17.0. The Morgan fingerprint density at radius 3 is 2.52 bits per heavy atom. The van der Waals surface area contributed by atoms with Crippen LogP contribution in [0.1, 0.15) is 40.0 Å². The van der Waals surface area contributed by atoms with E-state index in [1.807, 2.05) is 25.8 Å². The number of fused-ring (bicyclic) bond motifs is 1. The second-order valence-electron chi connectivity index (χ2n) is 6.33. The van der Waals surface area contributed by atoms with Gasteiger partial charge in [0.05, 0.1) is 5.69 Å². The zero-order valence-corrected chi connectivity index (χ0v) is 20.3. The summed E-state index contributed by atoms with van der Waals surface area (Å²) in [5.41, 5.74) is 2.59. The van der Waals surface area contributed by atoms with Gasteiger partial charge in [-0.1, -0.05) is 51.8 Å². The first-order valence-electron chi connectivity index (χ1n) is 9.75. The van der Waals surface area contributed by atoms with E-state index in [4.69, 9.17) is 0 Å². The first-order valence-corrected chi connectivity index (χ1v) is 12.5. The molecule has 3 rings (SSSR count). The van der Waals surface area contributed by atoms with Crippen molar-refractivity contribution in [2.45, 2.75) is 55.9 Å². The van der Waals surface area contributed by atoms with Gasteiger partial charge in [0.25, 0.3) is 0 Å². The van der Waals surface area contributed by atoms with Crippen LogP contribution in [-0.2, 0) is 0 Å². The van der Waals surface area contributed by atoms with Crippen molar-refractivity contribution < 1.29 is 0 Å². The van der Waals surface area contributed by atoms with Crippen LogP contribution in [0.25, 0.3) is 0 Å². The van der Waals surface area contributed by atoms with E-state index >= 15 is 0 Å². The van der Waals surface area contributed by atoms with Crippen LogP contribution in [0.15, 0.2) is 56.7 Å². The van der Waals surface area contributed by atoms with Gasteiger partial charge in [0.15, 0.2) is 0 Å². The van der Waals surface area contributed by atoms with Crippen LogP contribution in [0.4, 0.5) is 11.4 Å². The molecule has 1 aliphatic rings. The Balaban J connectivity index is 0.00000126. The highest BCUT2D eigenvalue weighted by Crippen LogP contribution is 2.44. The average Bonchev–Trinajstić information content (AvgIpc) is 2.83. The highest BCUT2D eigenvalue weighted by atomic mass is 79.9. The molecule has 0 aliphatic carbocycles. The highest BCUT2D eigenvalue weighted by molar-refractivity contribution is 9.10. The topological polar surface area (TPSA) is 6.48 Å². The largest absolute Gasteiger partial charge is 0.339 e. The fraction of sp³-hybridized carbons (Fsp3) is 0.455. The second kappa shape index (κ2) is 11.4. The van der Waals surface area contributed by atoms with Crippen LogP contribution in [0.3, 0.4) is 0 Å². The molecule has 2 nitrogen and oxygen atoms in total. The number of benzene rings is 2. The Labute approximate surface area is 182 Å². The van der Waals surface area contributed by atoms with E-state index in [2.05, 4.69) is 87.8 Å². The zero-order chi connectivity index (χ0) is 19.8. The van der Waals surface area contributed by atoms with Crippen molar-refractivity contribution in [2.24, 2.45) is 0 Å². The summed E-state index contributed by atoms with van der Waals surface area (Å²) in [5, 5.41) is 0. The van der Waals surface area contributed by atoms with Crippen LogP contribution in [0.2, 0.25) is 0 Å². The Morgan fingerprint density at radius 1 is 1.19 bits per heavy atom. The molecule has 0 radical (unpaired) electrons. The van der Waals surface area contributed by atoms with Gasteiger partial charge in [-0.2, -0.15) is 0 Å². The molecular weight excluding hydrogens is 436 g/mol. The van der Waals surface area contributed by atoms with Gasteiger partial charge < -0.3 is 4.90 Å². The number of hydrogen-bond acceptors (Lipinski definition) is 4. The smallest absolute Gasteiger partial charge is 0.0574 e. The van der Waals surface area contributed by atoms with Crippen LogP contribution in [0.5, 0.6) is 0 Å². The molecule has 0 fully saturated rings. The van der Waals surface area contributed by atoms with Crippen molar-refractivity contribution in [2.75, 3.05) is 24.7 Å². The number of halogens is 1. The molecule has 2 aromatic carbocycles. The second-order valence-corrected chi connectivity index (χ2v) is 9.23. The third-order valence-corrected chi connectivity index (χ3v) is 7.44. The fourth-order valence-electron chi connectivity index (χ4n) is 3.18. The standard InChI is InChI=1S/C20H25BrN2S2.C2H6/c1-4-5-9-16-14-23(15-10-7-6-8-11-15)18-13-19(24-3)17(21)12-20(18)25-22(16)2;1-2/h6-8,10-13,16H,4-5,9,14H2,1-3H3;1-2H3. The maximum atomic E-state index is 3.74. The van der Waals surface area contributed by atoms with E-state index in [1.165, 1.54) is 44.9 Å². The third-order valence-electron chi connectivity index (χ3n) is 4.63. The number of thioether (sulfide) groups is 1. The number of likely N-dealkylation sites (N-methyl/N-ethyl adjacent to an activating group) is 1. The van der Waals surface area contributed by atoms with Gasteiger partial charge in [-0.05, 0) is 71.9 Å². The molecule has 1 aliphatic heterocycles. The monoisotopic (exact) mass is 466 g/mol. The molecule has 0 spiro atoms. The molecule has 1 heterocycles. The lowest BCUT2D eigenvalue weighted by molar-refractivity contribution is 0.382. The van der Waals surface area contributed by atoms with E-state index in [0.717, 1.165) is 6.54 Å². The Bertz CT molecular complexity index is 709. The van der Waals surface area contributed by atoms with Gasteiger partial charge >= 0.3 is 0 Å². The number of unbranched alkanes of at least 4 members (excludes halogenated alkanes) is 1. The van der Waals surface area contributed by atoms with Gasteiger partial charge in [-0.3, -0.25) is 0 Å². The van der Waals surface area contributed by atoms with E-state index < -0.39 is 0 Å². The van der Waals surface area contributed by atoms with Crippen molar-refractivity contribution in [3.63, 3.8) is 0 Å². The van der Waals surface area contributed by atoms with Crippen molar-refractivity contribution >= 4 is 51.0 Å². The quantitative estimate of drug-likeness (QED) is 0.326. The number of rotatable bonds is 5. The molecule has 0 saturated heterocycles. The summed E-state index contributed by atoms with van der Waals surface area (Å²) in [4.78, 5) is 5.10. The van der Waals surface area contributed by atoms with Gasteiger partial charge in [-0.25, -0.2) is 4.31 Å². The van der Waals surface area contributed by atoms with E-state index in [9.17, 15) is 0 Å². The molecule has 0 amide bonds. The van der Waals surface area contributed by atoms with Crippen LogP contribution >= 0.6 is 39.6 Å². The summed E-state index contributed by atoms with van der Waals surface area (Å²) >= 11 is 7.41. The minimum absolute atomic E-state index is 0.536. The van der Waals surface area contributed by atoms with Crippen LogP contribution in [-0.4, -0.2) is 30.2 Å². The lowest BCUT2D eigenvalue weighted by Crippen LogP contribution is -2.35. The van der Waals surface area contributed by atoms with Gasteiger partial charge in [0.2, 0.25) is 0 Å². The molecule has 1 unspecified atom stereocenters. The Hall–Kier alpha value is -0.620. The predicted octanol–water partition coefficient (Wildman–Crippen LogP) is 7.85. The van der Waals surface area contributed by atoms with Gasteiger partial charge in [0.1, 0.15) is 0 Å². The molecule has 0 aromatic heterocycles. The van der Waals surface area contributed by atoms with E-state index in [1.54, 1.807) is 11.8 Å². The fourth-order valence-corrected chi connectivity index (χ4v) is 5.71. The maximum Gasteiger partial charge on any atom is 0.0574 e. The Morgan fingerprint density at radius 2 is 1.89 bits per heavy atom. The van der Waals surface area contributed by atoms with E-state index in [0.29, 0.717) is 6.04 Å². The Kier molecular flexibility index (Phi) is 9.57. The SMILES string of the molecule is CC.CCCCC1CN(c2ccccc2)c2cc(SC)c(Br)cc2SN1C. The summed E-state index contributed by atoms with van der Waals surface area (Å²) in [7, 11) is 2.24. The minimum atomic E-state index is 0.536. The summed E-state index contributed by atoms with van der Waals surface area (Å²) in [5.74, 6) is 0. The summed E-state index contributed by atoms with van der Waals surface area (Å²) in [6.07, 6.45) is 5.89. The first kappa shape index (κ1) is 22.7. The van der Waals surface area contributed by atoms with Crippen LogP contribution < -0.4 is 4.90 Å². The predicted molar refractivity (Wildman–Crippen MR) is 128 cm³/mol. The molecular formula is C22H31BrN2S2. The normalized spacial score (nSPS) is 17.0. The van der Waals surface area contributed by atoms with Crippen molar-refractivity contribution in [3.05, 3.63) is 46.9 Å². The number of nitrogens with zero attached hydrogens (tertiary/aromatic N) is 2. The van der Waals surface area contributed by atoms with Crippen LogP contribution in [0, 0.1) is 0 Å². The highest BCUT2D eigenvalue weighted by Gasteiger charge is 2.28. The molecule has 1 atom stereocenters. The molecule has 5 heteroatoms. The van der Waals surface area contributed by atoms with Crippen molar-refractivity contribution in [1.29, 1.82) is 0 Å². The third kappa shape index (κ3) is 5.69. The lowest BCUT2D eigenvalue weighted by Gasteiger charge is -2.30. The summed E-state index contributed by atoms with van der Waals surface area (Å²) in [6, 6.07) is 15.9. The summed E-state index contributed by atoms with van der Waals surface area (Å²) in [6.45, 7) is 7.30. The van der Waals surface area contributed by atoms with Gasteiger partial charge in [-0.15, -0.1) is 11.8 Å². The molecule has 27 heavy (non-hydrogen) atoms. The van der Waals surface area contributed by atoms with E-state index in [-0.39, 0.29) is 0 Å². The molecule has 148 valence electrons. The lowest BCUT2D eigenvalue weighted by atomic mass is 10.1.